The number of rotatable bonds is 9. The van der Waals surface area contributed by atoms with Crippen LogP contribution in [0.2, 0.25) is 0 Å². The van der Waals surface area contributed by atoms with Gasteiger partial charge in [0.2, 0.25) is 11.1 Å². The molecule has 0 unspecified atom stereocenters. The molecule has 11 heteroatoms. The SMILES string of the molecule is CC(C)[C@H](NC(=O)c1cccc([N+](=O)[O-])c1)c1nc(SCC(=O)Nc2ccccc2)n[nH]1. The smallest absolute Gasteiger partial charge is 0.270 e. The highest BCUT2D eigenvalue weighted by Gasteiger charge is 2.24. The molecule has 3 rings (SSSR count). The van der Waals surface area contributed by atoms with Crippen molar-refractivity contribution in [3.63, 3.8) is 0 Å². The van der Waals surface area contributed by atoms with E-state index in [2.05, 4.69) is 25.8 Å². The van der Waals surface area contributed by atoms with Crippen LogP contribution in [0.25, 0.3) is 0 Å². The minimum Gasteiger partial charge on any atom is -0.342 e. The van der Waals surface area contributed by atoms with Gasteiger partial charge in [-0.2, -0.15) is 0 Å². The van der Waals surface area contributed by atoms with Crippen LogP contribution >= 0.6 is 11.8 Å². The van der Waals surface area contributed by atoms with E-state index in [4.69, 9.17) is 0 Å². The molecule has 0 bridgehead atoms. The molecule has 0 radical (unpaired) electrons. The molecule has 0 fully saturated rings. The number of H-pyrrole nitrogens is 1. The summed E-state index contributed by atoms with van der Waals surface area (Å²) in [5.41, 5.74) is 0.722. The van der Waals surface area contributed by atoms with E-state index in [9.17, 15) is 19.7 Å². The second-order valence-corrected chi connectivity index (χ2v) is 8.15. The van der Waals surface area contributed by atoms with Gasteiger partial charge in [0, 0.05) is 23.4 Å². The highest BCUT2D eigenvalue weighted by molar-refractivity contribution is 7.99. The van der Waals surface area contributed by atoms with E-state index in [-0.39, 0.29) is 28.8 Å². The van der Waals surface area contributed by atoms with Crippen LogP contribution in [0, 0.1) is 16.0 Å². The first-order chi connectivity index (χ1) is 15.3. The maximum atomic E-state index is 12.6. The summed E-state index contributed by atoms with van der Waals surface area (Å²) in [6.45, 7) is 3.81. The van der Waals surface area contributed by atoms with Crippen molar-refractivity contribution in [3.05, 3.63) is 76.1 Å². The number of carbonyl (C=O) groups excluding carboxylic acids is 2. The molecule has 1 atom stereocenters. The van der Waals surface area contributed by atoms with E-state index < -0.39 is 16.9 Å². The van der Waals surface area contributed by atoms with E-state index in [0.717, 1.165) is 11.8 Å². The minimum absolute atomic E-state index is 0.0372. The maximum Gasteiger partial charge on any atom is 0.270 e. The summed E-state index contributed by atoms with van der Waals surface area (Å²) in [4.78, 5) is 39.6. The predicted molar refractivity (Wildman–Crippen MR) is 120 cm³/mol. The molecule has 0 saturated heterocycles. The van der Waals surface area contributed by atoms with Crippen molar-refractivity contribution in [3.8, 4) is 0 Å². The molecule has 0 aliphatic carbocycles. The lowest BCUT2D eigenvalue weighted by molar-refractivity contribution is -0.384. The number of nitrogens with zero attached hydrogens (tertiary/aromatic N) is 3. The number of thioether (sulfide) groups is 1. The number of para-hydroxylation sites is 1. The number of aromatic amines is 1. The normalized spacial score (nSPS) is 11.7. The van der Waals surface area contributed by atoms with Crippen molar-refractivity contribution < 1.29 is 14.5 Å². The average Bonchev–Trinajstić information content (AvgIpc) is 3.25. The molecule has 3 aromatic rings. The van der Waals surface area contributed by atoms with Crippen molar-refractivity contribution in [1.82, 2.24) is 20.5 Å². The standard InChI is InChI=1S/C21H22N6O4S/c1-13(2)18(23-20(29)14-7-6-10-16(11-14)27(30)31)19-24-21(26-25-19)32-12-17(28)22-15-8-4-3-5-9-15/h3-11,13,18H,12H2,1-2H3,(H,22,28)(H,23,29)(H,24,25,26)/t18-/m0/s1. The second-order valence-electron chi connectivity index (χ2n) is 7.21. The fraction of sp³-hybridized carbons (Fsp3) is 0.238. The van der Waals surface area contributed by atoms with Gasteiger partial charge in [-0.25, -0.2) is 4.98 Å². The fourth-order valence-corrected chi connectivity index (χ4v) is 3.45. The molecule has 166 valence electrons. The highest BCUT2D eigenvalue weighted by atomic mass is 32.2. The molecule has 2 amide bonds. The van der Waals surface area contributed by atoms with Crippen molar-refractivity contribution in [2.24, 2.45) is 5.92 Å². The predicted octanol–water partition coefficient (Wildman–Crippen LogP) is 3.57. The lowest BCUT2D eigenvalue weighted by Gasteiger charge is -2.19. The molecular formula is C21H22N6O4S. The molecule has 10 nitrogen and oxygen atoms in total. The van der Waals surface area contributed by atoms with Crippen LogP contribution < -0.4 is 10.6 Å². The summed E-state index contributed by atoms with van der Waals surface area (Å²) in [6.07, 6.45) is 0. The van der Waals surface area contributed by atoms with E-state index >= 15 is 0 Å². The number of hydrogen-bond acceptors (Lipinski definition) is 7. The van der Waals surface area contributed by atoms with Crippen LogP contribution in [0.15, 0.2) is 59.8 Å². The van der Waals surface area contributed by atoms with Crippen molar-refractivity contribution in [2.45, 2.75) is 25.0 Å². The number of carbonyl (C=O) groups is 2. The lowest BCUT2D eigenvalue weighted by atomic mass is 10.0. The lowest BCUT2D eigenvalue weighted by Crippen LogP contribution is -2.32. The number of anilines is 1. The van der Waals surface area contributed by atoms with Gasteiger partial charge in [-0.15, -0.1) is 5.10 Å². The van der Waals surface area contributed by atoms with Gasteiger partial charge in [0.1, 0.15) is 5.82 Å². The molecule has 3 N–H and O–H groups in total. The van der Waals surface area contributed by atoms with E-state index in [0.29, 0.717) is 16.7 Å². The fourth-order valence-electron chi connectivity index (χ4n) is 2.85. The first kappa shape index (κ1) is 22.9. The Balaban J connectivity index is 1.62. The number of nitro groups is 1. The molecule has 1 aromatic heterocycles. The average molecular weight is 455 g/mol. The highest BCUT2D eigenvalue weighted by Crippen LogP contribution is 2.22. The molecule has 0 saturated carbocycles. The Labute approximate surface area is 188 Å². The van der Waals surface area contributed by atoms with Gasteiger partial charge in [-0.3, -0.25) is 24.8 Å². The maximum absolute atomic E-state index is 12.6. The minimum atomic E-state index is -0.551. The molecule has 0 spiro atoms. The van der Waals surface area contributed by atoms with E-state index in [1.165, 1.54) is 24.3 Å². The molecule has 0 aliphatic rings. The number of nitrogens with one attached hydrogen (secondary N) is 3. The number of aromatic nitrogens is 3. The number of non-ortho nitro benzene ring substituents is 1. The summed E-state index contributed by atoms with van der Waals surface area (Å²) in [7, 11) is 0. The van der Waals surface area contributed by atoms with Crippen LogP contribution in [-0.2, 0) is 4.79 Å². The van der Waals surface area contributed by atoms with Crippen LogP contribution in [-0.4, -0.2) is 37.7 Å². The molecular weight excluding hydrogens is 432 g/mol. The quantitative estimate of drug-likeness (QED) is 0.255. The zero-order chi connectivity index (χ0) is 23.1. The van der Waals surface area contributed by atoms with Crippen LogP contribution in [0.5, 0.6) is 0 Å². The summed E-state index contributed by atoms with van der Waals surface area (Å²) >= 11 is 1.16. The van der Waals surface area contributed by atoms with Gasteiger partial charge in [-0.05, 0) is 24.1 Å². The number of nitro benzene ring substituents is 1. The zero-order valence-electron chi connectivity index (χ0n) is 17.4. The Bertz CT molecular complexity index is 1100. The Morgan fingerprint density at radius 1 is 1.16 bits per heavy atom. The van der Waals surface area contributed by atoms with Crippen molar-refractivity contribution in [2.75, 3.05) is 11.1 Å². The Morgan fingerprint density at radius 3 is 2.59 bits per heavy atom. The zero-order valence-corrected chi connectivity index (χ0v) is 18.3. The number of benzene rings is 2. The molecule has 1 heterocycles. The van der Waals surface area contributed by atoms with Crippen molar-refractivity contribution in [1.29, 1.82) is 0 Å². The van der Waals surface area contributed by atoms with E-state index in [1.807, 2.05) is 32.0 Å². The monoisotopic (exact) mass is 454 g/mol. The van der Waals surface area contributed by atoms with Gasteiger partial charge < -0.3 is 10.6 Å². The molecule has 32 heavy (non-hydrogen) atoms. The molecule has 0 aliphatic heterocycles. The van der Waals surface area contributed by atoms with Crippen LogP contribution in [0.1, 0.15) is 36.1 Å². The Kier molecular flexibility index (Phi) is 7.55. The topological polar surface area (TPSA) is 143 Å². The number of hydrogen-bond donors (Lipinski definition) is 3. The second kappa shape index (κ2) is 10.5. The summed E-state index contributed by atoms with van der Waals surface area (Å²) in [5, 5.41) is 23.9. The Hall–Kier alpha value is -3.73. The van der Waals surface area contributed by atoms with Gasteiger partial charge in [0.05, 0.1) is 16.7 Å². The third-order valence-electron chi connectivity index (χ3n) is 4.44. The van der Waals surface area contributed by atoms with Gasteiger partial charge in [0.25, 0.3) is 11.6 Å². The van der Waals surface area contributed by atoms with Crippen LogP contribution in [0.4, 0.5) is 11.4 Å². The first-order valence-corrected chi connectivity index (χ1v) is 10.8. The largest absolute Gasteiger partial charge is 0.342 e. The molecule has 2 aromatic carbocycles. The third kappa shape index (κ3) is 6.14. The van der Waals surface area contributed by atoms with Crippen LogP contribution in [0.3, 0.4) is 0 Å². The van der Waals surface area contributed by atoms with E-state index in [1.54, 1.807) is 12.1 Å². The van der Waals surface area contributed by atoms with Gasteiger partial charge in [0.15, 0.2) is 0 Å². The first-order valence-electron chi connectivity index (χ1n) is 9.79. The summed E-state index contributed by atoms with van der Waals surface area (Å²) < 4.78 is 0. The Morgan fingerprint density at radius 2 is 1.91 bits per heavy atom. The van der Waals surface area contributed by atoms with Crippen molar-refractivity contribution >= 4 is 35.0 Å². The summed E-state index contributed by atoms with van der Waals surface area (Å²) in [5.74, 6) is -0.125. The van der Waals surface area contributed by atoms with Gasteiger partial charge >= 0.3 is 0 Å². The summed E-state index contributed by atoms with van der Waals surface area (Å²) in [6, 6.07) is 14.1. The third-order valence-corrected chi connectivity index (χ3v) is 5.29. The van der Waals surface area contributed by atoms with Gasteiger partial charge in [-0.1, -0.05) is 49.9 Å². The number of amides is 2.